The summed E-state index contributed by atoms with van der Waals surface area (Å²) in [4.78, 5) is 2.43. The van der Waals surface area contributed by atoms with E-state index in [4.69, 9.17) is 0 Å². The molecular formula is C14H24BrN3O. The summed E-state index contributed by atoms with van der Waals surface area (Å²) in [5, 5.41) is 15.2. The molecule has 1 aromatic rings. The average molecular weight is 330 g/mol. The monoisotopic (exact) mass is 329 g/mol. The maximum absolute atomic E-state index is 10.8. The molecule has 4 nitrogen and oxygen atoms in total. The number of aromatic nitrogens is 2. The van der Waals surface area contributed by atoms with Crippen LogP contribution in [0, 0.1) is 6.92 Å². The van der Waals surface area contributed by atoms with Crippen molar-refractivity contribution in [1.82, 2.24) is 14.7 Å². The van der Waals surface area contributed by atoms with Crippen molar-refractivity contribution in [1.29, 1.82) is 0 Å². The van der Waals surface area contributed by atoms with Gasteiger partial charge in [-0.25, -0.2) is 0 Å². The van der Waals surface area contributed by atoms with Crippen molar-refractivity contribution in [3.8, 4) is 0 Å². The molecule has 1 aliphatic heterocycles. The molecule has 1 aliphatic rings. The van der Waals surface area contributed by atoms with Crippen molar-refractivity contribution in [2.24, 2.45) is 7.05 Å². The van der Waals surface area contributed by atoms with E-state index in [2.05, 4.69) is 39.8 Å². The van der Waals surface area contributed by atoms with Gasteiger partial charge in [-0.15, -0.1) is 0 Å². The summed E-state index contributed by atoms with van der Waals surface area (Å²) in [5.41, 5.74) is 1.49. The summed E-state index contributed by atoms with van der Waals surface area (Å²) < 4.78 is 2.92. The van der Waals surface area contributed by atoms with Gasteiger partial charge in [0.1, 0.15) is 0 Å². The molecule has 0 spiro atoms. The van der Waals surface area contributed by atoms with Crippen LogP contribution in [-0.2, 0) is 13.5 Å². The minimum Gasteiger partial charge on any atom is -0.389 e. The van der Waals surface area contributed by atoms with Crippen LogP contribution in [0.5, 0.6) is 0 Å². The zero-order valence-electron chi connectivity index (χ0n) is 12.3. The normalized spacial score (nSPS) is 20.2. The van der Waals surface area contributed by atoms with Crippen molar-refractivity contribution in [2.45, 2.75) is 51.7 Å². The van der Waals surface area contributed by atoms with Gasteiger partial charge in [-0.05, 0) is 49.5 Å². The molecule has 1 fully saturated rings. The summed E-state index contributed by atoms with van der Waals surface area (Å²) in [6, 6.07) is 0.565. The van der Waals surface area contributed by atoms with Crippen LogP contribution in [0.3, 0.4) is 0 Å². The molecule has 2 rings (SSSR count). The van der Waals surface area contributed by atoms with Crippen LogP contribution in [-0.4, -0.2) is 44.5 Å². The standard InChI is InChI=1S/C14H24BrN3O/c1-10(2)18-7-5-14(19,6-8-18)9-12-13(15)11(3)16-17(12)4/h10,19H,5-9H2,1-4H3. The molecule has 0 saturated carbocycles. The van der Waals surface area contributed by atoms with Gasteiger partial charge in [-0.3, -0.25) is 4.68 Å². The van der Waals surface area contributed by atoms with E-state index in [0.717, 1.165) is 41.8 Å². The number of halogens is 1. The number of likely N-dealkylation sites (tertiary alicyclic amines) is 1. The molecule has 108 valence electrons. The van der Waals surface area contributed by atoms with Crippen molar-refractivity contribution in [3.05, 3.63) is 15.9 Å². The second-order valence-electron chi connectivity index (χ2n) is 6.00. The number of piperidine rings is 1. The Morgan fingerprint density at radius 1 is 1.37 bits per heavy atom. The highest BCUT2D eigenvalue weighted by Crippen LogP contribution is 2.30. The van der Waals surface area contributed by atoms with Gasteiger partial charge in [-0.1, -0.05) is 0 Å². The predicted molar refractivity (Wildman–Crippen MR) is 80.2 cm³/mol. The molecule has 1 aromatic heterocycles. The predicted octanol–water partition coefficient (Wildman–Crippen LogP) is 2.27. The maximum atomic E-state index is 10.8. The van der Waals surface area contributed by atoms with Crippen LogP contribution in [0.25, 0.3) is 0 Å². The number of hydrogen-bond donors (Lipinski definition) is 1. The molecule has 0 atom stereocenters. The molecule has 0 bridgehead atoms. The molecule has 0 aliphatic carbocycles. The van der Waals surface area contributed by atoms with E-state index >= 15 is 0 Å². The molecule has 1 N–H and O–H groups in total. The van der Waals surface area contributed by atoms with E-state index in [-0.39, 0.29) is 0 Å². The molecule has 0 amide bonds. The van der Waals surface area contributed by atoms with Gasteiger partial charge >= 0.3 is 0 Å². The smallest absolute Gasteiger partial charge is 0.0738 e. The van der Waals surface area contributed by atoms with Gasteiger partial charge in [0, 0.05) is 32.6 Å². The third-order valence-corrected chi connectivity index (χ3v) is 5.25. The quantitative estimate of drug-likeness (QED) is 0.924. The van der Waals surface area contributed by atoms with Crippen LogP contribution in [0.1, 0.15) is 38.1 Å². The largest absolute Gasteiger partial charge is 0.389 e. The molecular weight excluding hydrogens is 306 g/mol. The second-order valence-corrected chi connectivity index (χ2v) is 6.79. The fourth-order valence-electron chi connectivity index (χ4n) is 2.82. The van der Waals surface area contributed by atoms with Crippen LogP contribution in [0.4, 0.5) is 0 Å². The molecule has 0 aromatic carbocycles. The van der Waals surface area contributed by atoms with E-state index in [1.54, 1.807) is 0 Å². The number of hydrogen-bond acceptors (Lipinski definition) is 3. The molecule has 2 heterocycles. The van der Waals surface area contributed by atoms with Crippen LogP contribution in [0.15, 0.2) is 4.47 Å². The summed E-state index contributed by atoms with van der Waals surface area (Å²) in [6.07, 6.45) is 2.35. The summed E-state index contributed by atoms with van der Waals surface area (Å²) >= 11 is 3.58. The van der Waals surface area contributed by atoms with E-state index in [9.17, 15) is 5.11 Å². The van der Waals surface area contributed by atoms with Gasteiger partial charge in [0.25, 0.3) is 0 Å². The lowest BCUT2D eigenvalue weighted by Crippen LogP contribution is -2.48. The minimum absolute atomic E-state index is 0.565. The Hall–Kier alpha value is -0.390. The van der Waals surface area contributed by atoms with Gasteiger partial charge in [0.2, 0.25) is 0 Å². The lowest BCUT2D eigenvalue weighted by Gasteiger charge is -2.40. The summed E-state index contributed by atoms with van der Waals surface area (Å²) in [6.45, 7) is 8.36. The Morgan fingerprint density at radius 2 is 1.95 bits per heavy atom. The van der Waals surface area contributed by atoms with Crippen molar-refractivity contribution < 1.29 is 5.11 Å². The van der Waals surface area contributed by atoms with Crippen LogP contribution < -0.4 is 0 Å². The van der Waals surface area contributed by atoms with E-state index < -0.39 is 5.60 Å². The van der Waals surface area contributed by atoms with Crippen LogP contribution >= 0.6 is 15.9 Å². The highest BCUT2D eigenvalue weighted by Gasteiger charge is 2.34. The fraction of sp³-hybridized carbons (Fsp3) is 0.786. The number of aryl methyl sites for hydroxylation is 2. The van der Waals surface area contributed by atoms with E-state index in [1.807, 2.05) is 18.7 Å². The third kappa shape index (κ3) is 3.20. The van der Waals surface area contributed by atoms with Crippen molar-refractivity contribution in [3.63, 3.8) is 0 Å². The van der Waals surface area contributed by atoms with Gasteiger partial charge < -0.3 is 10.0 Å². The lowest BCUT2D eigenvalue weighted by atomic mass is 9.86. The molecule has 0 radical (unpaired) electrons. The third-order valence-electron chi connectivity index (χ3n) is 4.22. The molecule has 1 saturated heterocycles. The topological polar surface area (TPSA) is 41.3 Å². The Morgan fingerprint density at radius 3 is 2.37 bits per heavy atom. The minimum atomic E-state index is -0.589. The van der Waals surface area contributed by atoms with Gasteiger partial charge in [0.05, 0.1) is 21.5 Å². The maximum Gasteiger partial charge on any atom is 0.0738 e. The first-order valence-corrected chi connectivity index (χ1v) is 7.76. The van der Waals surface area contributed by atoms with Crippen molar-refractivity contribution >= 4 is 15.9 Å². The highest BCUT2D eigenvalue weighted by molar-refractivity contribution is 9.10. The Labute approximate surface area is 123 Å². The van der Waals surface area contributed by atoms with Crippen LogP contribution in [0.2, 0.25) is 0 Å². The molecule has 0 unspecified atom stereocenters. The fourth-order valence-corrected chi connectivity index (χ4v) is 3.29. The Balaban J connectivity index is 2.07. The first-order valence-electron chi connectivity index (χ1n) is 6.97. The highest BCUT2D eigenvalue weighted by atomic mass is 79.9. The zero-order valence-corrected chi connectivity index (χ0v) is 13.9. The zero-order chi connectivity index (χ0) is 14.2. The first-order chi connectivity index (χ1) is 8.82. The number of rotatable bonds is 3. The van der Waals surface area contributed by atoms with E-state index in [0.29, 0.717) is 12.5 Å². The SMILES string of the molecule is Cc1nn(C)c(CC2(O)CCN(C(C)C)CC2)c1Br. The molecule has 19 heavy (non-hydrogen) atoms. The Bertz CT molecular complexity index is 448. The lowest BCUT2D eigenvalue weighted by molar-refractivity contribution is -0.0284. The second kappa shape index (κ2) is 5.54. The summed E-state index contributed by atoms with van der Waals surface area (Å²) in [5.74, 6) is 0. The first kappa shape index (κ1) is 15.0. The van der Waals surface area contributed by atoms with Gasteiger partial charge in [0.15, 0.2) is 0 Å². The van der Waals surface area contributed by atoms with Gasteiger partial charge in [-0.2, -0.15) is 5.10 Å². The van der Waals surface area contributed by atoms with Crippen molar-refractivity contribution in [2.75, 3.05) is 13.1 Å². The number of nitrogens with zero attached hydrogens (tertiary/aromatic N) is 3. The molecule has 5 heteroatoms. The summed E-state index contributed by atoms with van der Waals surface area (Å²) in [7, 11) is 1.94. The Kier molecular flexibility index (Phi) is 4.38. The number of aliphatic hydroxyl groups is 1. The van der Waals surface area contributed by atoms with E-state index in [1.165, 1.54) is 0 Å². The average Bonchev–Trinajstić information content (AvgIpc) is 2.56.